The summed E-state index contributed by atoms with van der Waals surface area (Å²) in [6.45, 7) is 7.23. The summed E-state index contributed by atoms with van der Waals surface area (Å²) in [7, 11) is 1.47. The summed E-state index contributed by atoms with van der Waals surface area (Å²) in [6.07, 6.45) is 12.1. The average molecular weight is 711 g/mol. The molecule has 0 aliphatic heterocycles. The van der Waals surface area contributed by atoms with Crippen molar-refractivity contribution in [2.45, 2.75) is 154 Å². The van der Waals surface area contributed by atoms with Gasteiger partial charge in [-0.05, 0) is 83.2 Å². The number of hydrogen-bond donors (Lipinski definition) is 10. The highest BCUT2D eigenvalue weighted by Gasteiger charge is 2.31. The lowest BCUT2D eigenvalue weighted by molar-refractivity contribution is -0.135. The fourth-order valence-electron chi connectivity index (χ4n) is 5.52. The van der Waals surface area contributed by atoms with Gasteiger partial charge < -0.3 is 49.1 Å². The highest BCUT2D eigenvalue weighted by molar-refractivity contribution is 5.95. The molecular formula is C35H70N10O5. The number of nitrogens with two attached hydrogens (primary N) is 3. The van der Waals surface area contributed by atoms with E-state index in [-0.39, 0.29) is 30.6 Å². The Bertz CT molecular complexity index is 997. The maximum atomic E-state index is 13.7. The fraction of sp³-hybridized carbons (Fsp3) is 0.829. The van der Waals surface area contributed by atoms with Gasteiger partial charge in [-0.3, -0.25) is 29.4 Å². The lowest BCUT2D eigenvalue weighted by Gasteiger charge is -2.27. The smallest absolute Gasteiger partial charge is 0.243 e. The van der Waals surface area contributed by atoms with Crippen LogP contribution in [0.5, 0.6) is 0 Å². The molecule has 0 aliphatic rings. The van der Waals surface area contributed by atoms with Crippen LogP contribution in [0, 0.1) is 11.3 Å². The number of carbonyl (C=O) groups is 5. The van der Waals surface area contributed by atoms with E-state index in [0.29, 0.717) is 71.0 Å². The van der Waals surface area contributed by atoms with Crippen molar-refractivity contribution in [1.82, 2.24) is 31.9 Å². The van der Waals surface area contributed by atoms with Gasteiger partial charge in [0, 0.05) is 20.0 Å². The van der Waals surface area contributed by atoms with Gasteiger partial charge in [-0.2, -0.15) is 0 Å². The Labute approximate surface area is 300 Å². The Morgan fingerprint density at radius 1 is 0.600 bits per heavy atom. The Kier molecular flexibility index (Phi) is 27.3. The first kappa shape index (κ1) is 46.5. The quantitative estimate of drug-likeness (QED) is 0.0293. The molecule has 0 aromatic heterocycles. The van der Waals surface area contributed by atoms with E-state index in [1.807, 2.05) is 13.8 Å². The number of guanidine groups is 1. The molecule has 0 fully saturated rings. The van der Waals surface area contributed by atoms with E-state index in [0.717, 1.165) is 25.7 Å². The molecule has 50 heavy (non-hydrogen) atoms. The van der Waals surface area contributed by atoms with Crippen LogP contribution in [0.25, 0.3) is 0 Å². The van der Waals surface area contributed by atoms with Gasteiger partial charge in [-0.15, -0.1) is 0 Å². The van der Waals surface area contributed by atoms with E-state index >= 15 is 0 Å². The zero-order valence-corrected chi connectivity index (χ0v) is 31.3. The van der Waals surface area contributed by atoms with Crippen molar-refractivity contribution in [2.24, 2.45) is 23.1 Å². The van der Waals surface area contributed by atoms with Gasteiger partial charge in [0.1, 0.15) is 24.2 Å². The van der Waals surface area contributed by atoms with Gasteiger partial charge >= 0.3 is 0 Å². The van der Waals surface area contributed by atoms with Crippen LogP contribution < -0.4 is 49.1 Å². The Morgan fingerprint density at radius 2 is 1.06 bits per heavy atom. The minimum atomic E-state index is -0.971. The lowest BCUT2D eigenvalue weighted by Crippen LogP contribution is -2.58. The molecule has 290 valence electrons. The van der Waals surface area contributed by atoms with Crippen LogP contribution in [-0.4, -0.2) is 86.3 Å². The van der Waals surface area contributed by atoms with Gasteiger partial charge in [0.15, 0.2) is 5.96 Å². The predicted octanol–water partition coefficient (Wildman–Crippen LogP) is 1.38. The summed E-state index contributed by atoms with van der Waals surface area (Å²) >= 11 is 0. The topological polar surface area (TPSA) is 259 Å². The molecule has 0 aromatic carbocycles. The van der Waals surface area contributed by atoms with E-state index in [1.54, 1.807) is 0 Å². The summed E-state index contributed by atoms with van der Waals surface area (Å²) in [5.41, 5.74) is 16.7. The first-order valence-corrected chi connectivity index (χ1v) is 18.8. The van der Waals surface area contributed by atoms with E-state index in [4.69, 9.17) is 22.6 Å². The Hall–Kier alpha value is -3.46. The third-order valence-electron chi connectivity index (χ3n) is 8.39. The molecular weight excluding hydrogens is 640 g/mol. The molecule has 15 nitrogen and oxygen atoms in total. The van der Waals surface area contributed by atoms with Crippen molar-refractivity contribution in [3.05, 3.63) is 0 Å². The van der Waals surface area contributed by atoms with Crippen molar-refractivity contribution < 1.29 is 24.0 Å². The molecule has 0 saturated carbocycles. The van der Waals surface area contributed by atoms with Crippen LogP contribution in [-0.2, 0) is 24.0 Å². The second-order valence-corrected chi connectivity index (χ2v) is 13.5. The maximum Gasteiger partial charge on any atom is 0.243 e. The van der Waals surface area contributed by atoms with Crippen LogP contribution >= 0.6 is 0 Å². The molecule has 0 aliphatic carbocycles. The van der Waals surface area contributed by atoms with Gasteiger partial charge in [0.05, 0.1) is 0 Å². The summed E-state index contributed by atoms with van der Waals surface area (Å²) in [5.74, 6) is -2.28. The molecule has 15 heteroatoms. The minimum Gasteiger partial charge on any atom is -0.370 e. The second-order valence-electron chi connectivity index (χ2n) is 13.5. The van der Waals surface area contributed by atoms with Crippen LogP contribution in [0.1, 0.15) is 130 Å². The molecule has 0 saturated heterocycles. The monoisotopic (exact) mass is 711 g/mol. The Morgan fingerprint density at radius 3 is 1.56 bits per heavy atom. The standard InChI is InChI=1S/C35H70N10O5/c1-5-6-7-8-9-10-11-20-30(46)42-27(17-12-14-21-36)32(48)44-28(18-13-15-22-37)33(49)45-29(24-25(2)3)34(50)43-26(31(47)40-4)19-16-23-41-35(38)39/h25-29H,5-24,36-37H2,1-4H3,(H,40,47)(H,42,46)(H,43,50)(H,44,48)(H,45,49)(H4,38,39,41)/t26-,27-,28-,29-/m0/s1. The first-order valence-electron chi connectivity index (χ1n) is 18.8. The zero-order valence-electron chi connectivity index (χ0n) is 31.3. The molecule has 13 N–H and O–H groups in total. The summed E-state index contributed by atoms with van der Waals surface area (Å²) in [4.78, 5) is 66.3. The summed E-state index contributed by atoms with van der Waals surface area (Å²) < 4.78 is 0. The first-order chi connectivity index (χ1) is 23.9. The molecule has 4 atom stereocenters. The maximum absolute atomic E-state index is 13.7. The zero-order chi connectivity index (χ0) is 37.7. The van der Waals surface area contributed by atoms with Crippen LogP contribution in [0.15, 0.2) is 0 Å². The number of likely N-dealkylation sites (N-methyl/N-ethyl adjacent to an activating group) is 1. The molecule has 5 amide bonds. The minimum absolute atomic E-state index is 0.0213. The number of hydrogen-bond acceptors (Lipinski definition) is 8. The predicted molar refractivity (Wildman–Crippen MR) is 199 cm³/mol. The summed E-state index contributed by atoms with van der Waals surface area (Å²) in [6, 6.07) is -3.64. The second kappa shape index (κ2) is 29.3. The van der Waals surface area contributed by atoms with Crippen molar-refractivity contribution in [3.8, 4) is 0 Å². The highest BCUT2D eigenvalue weighted by atomic mass is 16.2. The van der Waals surface area contributed by atoms with E-state index in [1.165, 1.54) is 26.3 Å². The van der Waals surface area contributed by atoms with Crippen molar-refractivity contribution in [3.63, 3.8) is 0 Å². The number of unbranched alkanes of at least 4 members (excludes halogenated alkanes) is 8. The van der Waals surface area contributed by atoms with Crippen LogP contribution in [0.3, 0.4) is 0 Å². The van der Waals surface area contributed by atoms with Gasteiger partial charge in [-0.25, -0.2) is 0 Å². The van der Waals surface area contributed by atoms with Gasteiger partial charge in [0.25, 0.3) is 0 Å². The third-order valence-corrected chi connectivity index (χ3v) is 8.39. The lowest BCUT2D eigenvalue weighted by atomic mass is 10.0. The van der Waals surface area contributed by atoms with Gasteiger partial charge in [0.2, 0.25) is 29.5 Å². The Balaban J connectivity index is 5.73. The van der Waals surface area contributed by atoms with Crippen molar-refractivity contribution in [1.29, 1.82) is 5.41 Å². The van der Waals surface area contributed by atoms with E-state index in [9.17, 15) is 24.0 Å². The van der Waals surface area contributed by atoms with Gasteiger partial charge in [-0.1, -0.05) is 59.3 Å². The van der Waals surface area contributed by atoms with E-state index in [2.05, 4.69) is 38.8 Å². The average Bonchev–Trinajstić information content (AvgIpc) is 3.07. The molecule has 0 bridgehead atoms. The molecule has 0 unspecified atom stereocenters. The SMILES string of the molecule is CCCCCCCCCC(=O)N[C@@H](CCCCN)C(=O)N[C@@H](CCCCN)C(=O)N[C@@H](CC(C)C)C(=O)N[C@@H](CCCNC(=N)N)C(=O)NC. The molecule has 0 rings (SSSR count). The van der Waals surface area contributed by atoms with Crippen LogP contribution in [0.4, 0.5) is 0 Å². The number of carbonyl (C=O) groups excluding carboxylic acids is 5. The number of amides is 5. The molecule has 0 spiro atoms. The fourth-order valence-corrected chi connectivity index (χ4v) is 5.52. The van der Waals surface area contributed by atoms with Crippen LogP contribution in [0.2, 0.25) is 0 Å². The number of nitrogens with one attached hydrogen (secondary N) is 7. The molecule has 0 heterocycles. The normalized spacial score (nSPS) is 13.4. The third kappa shape index (κ3) is 23.0. The summed E-state index contributed by atoms with van der Waals surface area (Å²) in [5, 5.41) is 23.8. The van der Waals surface area contributed by atoms with Crippen molar-refractivity contribution in [2.75, 3.05) is 26.7 Å². The van der Waals surface area contributed by atoms with Crippen molar-refractivity contribution >= 4 is 35.5 Å². The molecule has 0 aromatic rings. The van der Waals surface area contributed by atoms with E-state index < -0.39 is 47.8 Å². The largest absolute Gasteiger partial charge is 0.370 e. The molecule has 0 radical (unpaired) electrons. The highest BCUT2D eigenvalue weighted by Crippen LogP contribution is 2.11. The number of rotatable bonds is 30.